The quantitative estimate of drug-likeness (QED) is 0.845. The van der Waals surface area contributed by atoms with E-state index in [4.69, 9.17) is 19.9 Å². The third-order valence-electron chi connectivity index (χ3n) is 5.04. The monoisotopic (exact) mass is 326 g/mol. The first-order chi connectivity index (χ1) is 11.7. The SMILES string of the molecule is Cc1nc(N2CCCCC2)c2nc(C)nc(N3CCCCC3)c2n1. The first-order valence-corrected chi connectivity index (χ1v) is 9.25. The minimum Gasteiger partial charge on any atom is -0.355 e. The van der Waals surface area contributed by atoms with Crippen LogP contribution in [0.5, 0.6) is 0 Å². The van der Waals surface area contributed by atoms with E-state index in [1.165, 1.54) is 38.5 Å². The van der Waals surface area contributed by atoms with Crippen molar-refractivity contribution in [1.29, 1.82) is 0 Å². The van der Waals surface area contributed by atoms with Crippen LogP contribution in [0.3, 0.4) is 0 Å². The zero-order valence-corrected chi connectivity index (χ0v) is 14.8. The molecule has 4 rings (SSSR count). The van der Waals surface area contributed by atoms with Crippen LogP contribution in [0, 0.1) is 13.8 Å². The van der Waals surface area contributed by atoms with Crippen molar-refractivity contribution in [2.24, 2.45) is 0 Å². The fourth-order valence-electron chi connectivity index (χ4n) is 3.86. The third-order valence-corrected chi connectivity index (χ3v) is 5.04. The second-order valence-corrected chi connectivity index (χ2v) is 6.98. The molecule has 2 saturated heterocycles. The van der Waals surface area contributed by atoms with E-state index in [-0.39, 0.29) is 0 Å². The van der Waals surface area contributed by atoms with Crippen molar-refractivity contribution in [1.82, 2.24) is 19.9 Å². The van der Waals surface area contributed by atoms with Gasteiger partial charge in [0.1, 0.15) is 22.7 Å². The lowest BCUT2D eigenvalue weighted by Crippen LogP contribution is -2.32. The average molecular weight is 326 g/mol. The van der Waals surface area contributed by atoms with Crippen LogP contribution in [-0.2, 0) is 0 Å². The van der Waals surface area contributed by atoms with Gasteiger partial charge in [-0.05, 0) is 52.4 Å². The van der Waals surface area contributed by atoms with Crippen LogP contribution in [0.4, 0.5) is 11.6 Å². The summed E-state index contributed by atoms with van der Waals surface area (Å²) in [5, 5.41) is 0. The highest BCUT2D eigenvalue weighted by atomic mass is 15.2. The van der Waals surface area contributed by atoms with Gasteiger partial charge >= 0.3 is 0 Å². The molecule has 24 heavy (non-hydrogen) atoms. The van der Waals surface area contributed by atoms with Crippen molar-refractivity contribution >= 4 is 22.7 Å². The summed E-state index contributed by atoms with van der Waals surface area (Å²) in [6.45, 7) is 8.21. The second kappa shape index (κ2) is 6.49. The lowest BCUT2D eigenvalue weighted by atomic mass is 10.1. The summed E-state index contributed by atoms with van der Waals surface area (Å²) < 4.78 is 0. The molecule has 2 aliphatic heterocycles. The van der Waals surface area contributed by atoms with Crippen molar-refractivity contribution in [2.45, 2.75) is 52.4 Å². The number of rotatable bonds is 2. The van der Waals surface area contributed by atoms with Gasteiger partial charge in [0.15, 0.2) is 11.6 Å². The molecule has 2 aliphatic rings. The van der Waals surface area contributed by atoms with Crippen LogP contribution in [0.1, 0.15) is 50.2 Å². The summed E-state index contributed by atoms with van der Waals surface area (Å²) in [6.07, 6.45) is 7.54. The van der Waals surface area contributed by atoms with Gasteiger partial charge in [-0.15, -0.1) is 0 Å². The normalized spacial score (nSPS) is 19.1. The highest BCUT2D eigenvalue weighted by molar-refractivity contribution is 5.93. The van der Waals surface area contributed by atoms with Gasteiger partial charge in [-0.25, -0.2) is 19.9 Å². The molecule has 0 amide bonds. The number of aromatic nitrogens is 4. The molecular formula is C18H26N6. The van der Waals surface area contributed by atoms with E-state index < -0.39 is 0 Å². The number of piperidine rings is 2. The molecule has 0 atom stereocenters. The van der Waals surface area contributed by atoms with Crippen LogP contribution >= 0.6 is 0 Å². The summed E-state index contributed by atoms with van der Waals surface area (Å²) in [5.41, 5.74) is 1.85. The predicted molar refractivity (Wildman–Crippen MR) is 96.7 cm³/mol. The molecule has 0 radical (unpaired) electrons. The zero-order chi connectivity index (χ0) is 16.5. The Morgan fingerprint density at radius 2 is 0.917 bits per heavy atom. The maximum Gasteiger partial charge on any atom is 0.159 e. The minimum absolute atomic E-state index is 0.814. The Balaban J connectivity index is 1.86. The molecule has 4 heterocycles. The van der Waals surface area contributed by atoms with Crippen molar-refractivity contribution in [2.75, 3.05) is 36.0 Å². The van der Waals surface area contributed by atoms with Crippen LogP contribution in [0.25, 0.3) is 11.0 Å². The lowest BCUT2D eigenvalue weighted by molar-refractivity contribution is 0.571. The molecule has 0 aromatic carbocycles. The van der Waals surface area contributed by atoms with Gasteiger partial charge < -0.3 is 9.80 Å². The number of hydrogen-bond acceptors (Lipinski definition) is 6. The van der Waals surface area contributed by atoms with Crippen molar-refractivity contribution in [3.05, 3.63) is 11.6 Å². The Morgan fingerprint density at radius 1 is 0.542 bits per heavy atom. The molecular weight excluding hydrogens is 300 g/mol. The average Bonchev–Trinajstić information content (AvgIpc) is 2.62. The van der Waals surface area contributed by atoms with E-state index in [1.54, 1.807) is 0 Å². The van der Waals surface area contributed by atoms with Gasteiger partial charge in [0.05, 0.1) is 0 Å². The fourth-order valence-corrected chi connectivity index (χ4v) is 3.86. The molecule has 0 saturated carbocycles. The van der Waals surface area contributed by atoms with E-state index in [2.05, 4.69) is 9.80 Å². The Labute approximate surface area is 143 Å². The molecule has 2 aromatic heterocycles. The fraction of sp³-hybridized carbons (Fsp3) is 0.667. The maximum atomic E-state index is 4.76. The predicted octanol–water partition coefficient (Wildman–Crippen LogP) is 3.02. The van der Waals surface area contributed by atoms with Crippen LogP contribution in [-0.4, -0.2) is 46.1 Å². The van der Waals surface area contributed by atoms with Crippen molar-refractivity contribution < 1.29 is 0 Å². The number of nitrogens with zero attached hydrogens (tertiary/aromatic N) is 6. The smallest absolute Gasteiger partial charge is 0.159 e. The van der Waals surface area contributed by atoms with Crippen molar-refractivity contribution in [3.63, 3.8) is 0 Å². The van der Waals surface area contributed by atoms with E-state index in [0.717, 1.165) is 60.5 Å². The number of anilines is 2. The van der Waals surface area contributed by atoms with E-state index in [9.17, 15) is 0 Å². The number of aryl methyl sites for hydroxylation is 2. The summed E-state index contributed by atoms with van der Waals surface area (Å²) >= 11 is 0. The van der Waals surface area contributed by atoms with Crippen LogP contribution in [0.2, 0.25) is 0 Å². The summed E-state index contributed by atoms with van der Waals surface area (Å²) in [4.78, 5) is 23.8. The van der Waals surface area contributed by atoms with E-state index >= 15 is 0 Å². The Morgan fingerprint density at radius 3 is 1.29 bits per heavy atom. The molecule has 0 spiro atoms. The lowest BCUT2D eigenvalue weighted by Gasteiger charge is -2.30. The molecule has 0 aliphatic carbocycles. The van der Waals surface area contributed by atoms with Crippen LogP contribution in [0.15, 0.2) is 0 Å². The Bertz CT molecular complexity index is 669. The highest BCUT2D eigenvalue weighted by Crippen LogP contribution is 2.31. The third kappa shape index (κ3) is 2.89. The largest absolute Gasteiger partial charge is 0.355 e. The van der Waals surface area contributed by atoms with Crippen molar-refractivity contribution in [3.8, 4) is 0 Å². The summed E-state index contributed by atoms with van der Waals surface area (Å²) in [5.74, 6) is 3.63. The van der Waals surface area contributed by atoms with Gasteiger partial charge in [-0.1, -0.05) is 0 Å². The molecule has 6 nitrogen and oxygen atoms in total. The molecule has 6 heteroatoms. The first kappa shape index (κ1) is 15.5. The van der Waals surface area contributed by atoms with E-state index in [1.807, 2.05) is 13.8 Å². The molecule has 0 unspecified atom stereocenters. The zero-order valence-electron chi connectivity index (χ0n) is 14.8. The Hall–Kier alpha value is -1.98. The van der Waals surface area contributed by atoms with Gasteiger partial charge in [0, 0.05) is 26.2 Å². The topological polar surface area (TPSA) is 58.0 Å². The molecule has 2 aromatic rings. The minimum atomic E-state index is 0.814. The summed E-state index contributed by atoms with van der Waals surface area (Å²) in [6, 6.07) is 0. The van der Waals surface area contributed by atoms with Gasteiger partial charge in [-0.3, -0.25) is 0 Å². The molecule has 0 N–H and O–H groups in total. The molecule has 128 valence electrons. The second-order valence-electron chi connectivity index (χ2n) is 6.98. The summed E-state index contributed by atoms with van der Waals surface area (Å²) in [7, 11) is 0. The van der Waals surface area contributed by atoms with Crippen LogP contribution < -0.4 is 9.80 Å². The first-order valence-electron chi connectivity index (χ1n) is 9.25. The van der Waals surface area contributed by atoms with Gasteiger partial charge in [0.25, 0.3) is 0 Å². The molecule has 0 bridgehead atoms. The van der Waals surface area contributed by atoms with Gasteiger partial charge in [0.2, 0.25) is 0 Å². The van der Waals surface area contributed by atoms with Gasteiger partial charge in [-0.2, -0.15) is 0 Å². The maximum absolute atomic E-state index is 4.76. The number of hydrogen-bond donors (Lipinski definition) is 0. The number of fused-ring (bicyclic) bond motifs is 1. The molecule has 2 fully saturated rings. The highest BCUT2D eigenvalue weighted by Gasteiger charge is 2.23. The standard InChI is InChI=1S/C18H26N6/c1-13-19-15-16(17(21-13)23-9-5-3-6-10-23)20-14(2)22-18(15)24-11-7-4-8-12-24/h3-12H2,1-2H3. The van der Waals surface area contributed by atoms with E-state index in [0.29, 0.717) is 0 Å². The Kier molecular flexibility index (Phi) is 4.21.